The first-order valence-corrected chi connectivity index (χ1v) is 7.65. The van der Waals surface area contributed by atoms with Crippen LogP contribution in [0.2, 0.25) is 0 Å². The van der Waals surface area contributed by atoms with Gasteiger partial charge in [-0.3, -0.25) is 0 Å². The SMILES string of the molecule is CCN(CC)C(N)=NCc1ccc(N(CC)CC)c(F)c1. The van der Waals surface area contributed by atoms with E-state index in [1.807, 2.05) is 49.6 Å². The van der Waals surface area contributed by atoms with E-state index in [0.717, 1.165) is 31.7 Å². The van der Waals surface area contributed by atoms with E-state index in [-0.39, 0.29) is 5.82 Å². The van der Waals surface area contributed by atoms with Gasteiger partial charge in [0.25, 0.3) is 0 Å². The summed E-state index contributed by atoms with van der Waals surface area (Å²) in [7, 11) is 0. The number of rotatable bonds is 7. The molecule has 0 aromatic heterocycles. The van der Waals surface area contributed by atoms with Crippen molar-refractivity contribution in [3.63, 3.8) is 0 Å². The smallest absolute Gasteiger partial charge is 0.191 e. The van der Waals surface area contributed by atoms with Crippen LogP contribution in [0.25, 0.3) is 0 Å². The molecule has 1 rings (SSSR count). The van der Waals surface area contributed by atoms with Crippen LogP contribution in [0.3, 0.4) is 0 Å². The van der Waals surface area contributed by atoms with Crippen LogP contribution in [-0.2, 0) is 6.54 Å². The monoisotopic (exact) mass is 294 g/mol. The lowest BCUT2D eigenvalue weighted by Gasteiger charge is -2.22. The lowest BCUT2D eigenvalue weighted by Crippen LogP contribution is -2.37. The van der Waals surface area contributed by atoms with E-state index < -0.39 is 0 Å². The molecule has 1 aromatic rings. The number of nitrogens with two attached hydrogens (primary N) is 1. The highest BCUT2D eigenvalue weighted by Crippen LogP contribution is 2.20. The van der Waals surface area contributed by atoms with Gasteiger partial charge >= 0.3 is 0 Å². The second-order valence-corrected chi connectivity index (χ2v) is 4.80. The minimum atomic E-state index is -0.201. The van der Waals surface area contributed by atoms with Gasteiger partial charge in [-0.25, -0.2) is 9.38 Å². The Morgan fingerprint density at radius 1 is 1.10 bits per heavy atom. The van der Waals surface area contributed by atoms with Crippen LogP contribution < -0.4 is 10.6 Å². The molecule has 0 radical (unpaired) electrons. The number of aliphatic imine (C=N–C) groups is 1. The second kappa shape index (κ2) is 8.49. The van der Waals surface area contributed by atoms with Gasteiger partial charge in [-0.05, 0) is 45.4 Å². The zero-order valence-electron chi connectivity index (χ0n) is 13.6. The molecule has 0 aliphatic heterocycles. The number of guanidine groups is 1. The summed E-state index contributed by atoms with van der Waals surface area (Å²) in [5, 5.41) is 0. The molecule has 0 unspecified atom stereocenters. The minimum absolute atomic E-state index is 0.201. The molecular formula is C16H27FN4. The van der Waals surface area contributed by atoms with Crippen LogP contribution in [-0.4, -0.2) is 37.0 Å². The van der Waals surface area contributed by atoms with E-state index in [1.54, 1.807) is 6.07 Å². The average Bonchev–Trinajstić information content (AvgIpc) is 2.49. The van der Waals surface area contributed by atoms with Crippen molar-refractivity contribution in [1.29, 1.82) is 0 Å². The Kier molecular flexibility index (Phi) is 6.99. The summed E-state index contributed by atoms with van der Waals surface area (Å²) in [5.41, 5.74) is 7.39. The Morgan fingerprint density at radius 2 is 1.71 bits per heavy atom. The van der Waals surface area contributed by atoms with Crippen LogP contribution in [0.5, 0.6) is 0 Å². The van der Waals surface area contributed by atoms with E-state index in [1.165, 1.54) is 0 Å². The van der Waals surface area contributed by atoms with E-state index in [4.69, 9.17) is 5.73 Å². The van der Waals surface area contributed by atoms with Crippen LogP contribution >= 0.6 is 0 Å². The number of halogens is 1. The maximum absolute atomic E-state index is 14.2. The first-order chi connectivity index (χ1) is 10.1. The molecule has 2 N–H and O–H groups in total. The quantitative estimate of drug-likeness (QED) is 0.621. The molecule has 5 heteroatoms. The predicted molar refractivity (Wildman–Crippen MR) is 88.2 cm³/mol. The number of hydrogen-bond donors (Lipinski definition) is 1. The van der Waals surface area contributed by atoms with Crippen molar-refractivity contribution in [3.05, 3.63) is 29.6 Å². The molecule has 0 aliphatic rings. The van der Waals surface area contributed by atoms with Crippen LogP contribution in [0.15, 0.2) is 23.2 Å². The maximum Gasteiger partial charge on any atom is 0.191 e. The highest BCUT2D eigenvalue weighted by Gasteiger charge is 2.09. The number of nitrogens with zero attached hydrogens (tertiary/aromatic N) is 3. The van der Waals surface area contributed by atoms with Gasteiger partial charge in [0.2, 0.25) is 0 Å². The molecule has 0 atom stereocenters. The van der Waals surface area contributed by atoms with Crippen molar-refractivity contribution >= 4 is 11.6 Å². The van der Waals surface area contributed by atoms with E-state index in [0.29, 0.717) is 18.2 Å². The van der Waals surface area contributed by atoms with E-state index >= 15 is 0 Å². The van der Waals surface area contributed by atoms with E-state index in [9.17, 15) is 4.39 Å². The molecule has 0 amide bonds. The molecule has 0 saturated carbocycles. The summed E-state index contributed by atoms with van der Waals surface area (Å²) in [4.78, 5) is 8.30. The zero-order valence-corrected chi connectivity index (χ0v) is 13.6. The Morgan fingerprint density at radius 3 is 2.19 bits per heavy atom. The van der Waals surface area contributed by atoms with Crippen LogP contribution in [0, 0.1) is 5.82 Å². The number of benzene rings is 1. The Labute approximate surface area is 127 Å². The van der Waals surface area contributed by atoms with Crippen molar-refractivity contribution in [3.8, 4) is 0 Å². The van der Waals surface area contributed by atoms with E-state index in [2.05, 4.69) is 4.99 Å². The molecule has 0 saturated heterocycles. The maximum atomic E-state index is 14.2. The standard InChI is InChI=1S/C16H27FN4/c1-5-20(6-2)15-10-9-13(11-14(15)17)12-19-16(18)21(7-3)8-4/h9-11H,5-8,12H2,1-4H3,(H2,18,19). The summed E-state index contributed by atoms with van der Waals surface area (Å²) in [6.07, 6.45) is 0. The van der Waals surface area contributed by atoms with Gasteiger partial charge in [-0.1, -0.05) is 6.07 Å². The van der Waals surface area contributed by atoms with Crippen molar-refractivity contribution in [2.45, 2.75) is 34.2 Å². The third-order valence-corrected chi connectivity index (χ3v) is 3.63. The van der Waals surface area contributed by atoms with Crippen molar-refractivity contribution in [2.24, 2.45) is 10.7 Å². The van der Waals surface area contributed by atoms with Gasteiger partial charge in [0.1, 0.15) is 5.82 Å². The fraction of sp³-hybridized carbons (Fsp3) is 0.562. The fourth-order valence-corrected chi connectivity index (χ4v) is 2.29. The highest BCUT2D eigenvalue weighted by molar-refractivity contribution is 5.78. The average molecular weight is 294 g/mol. The van der Waals surface area contributed by atoms with Crippen molar-refractivity contribution in [1.82, 2.24) is 4.90 Å². The van der Waals surface area contributed by atoms with Gasteiger partial charge in [-0.15, -0.1) is 0 Å². The summed E-state index contributed by atoms with van der Waals surface area (Å²) < 4.78 is 14.2. The first kappa shape index (κ1) is 17.3. The molecule has 0 fully saturated rings. The second-order valence-electron chi connectivity index (χ2n) is 4.80. The zero-order chi connectivity index (χ0) is 15.8. The Bertz CT molecular complexity index is 465. The molecule has 118 valence electrons. The normalized spacial score (nSPS) is 11.6. The minimum Gasteiger partial charge on any atom is -0.370 e. The van der Waals surface area contributed by atoms with Crippen molar-refractivity contribution in [2.75, 3.05) is 31.1 Å². The van der Waals surface area contributed by atoms with Crippen molar-refractivity contribution < 1.29 is 4.39 Å². The summed E-state index contributed by atoms with van der Waals surface area (Å²) in [6.45, 7) is 11.7. The largest absolute Gasteiger partial charge is 0.370 e. The number of anilines is 1. The number of hydrogen-bond acceptors (Lipinski definition) is 2. The third-order valence-electron chi connectivity index (χ3n) is 3.63. The topological polar surface area (TPSA) is 44.9 Å². The van der Waals surface area contributed by atoms with Crippen LogP contribution in [0.4, 0.5) is 10.1 Å². The molecule has 1 aromatic carbocycles. The van der Waals surface area contributed by atoms with Gasteiger partial charge in [-0.2, -0.15) is 0 Å². The lowest BCUT2D eigenvalue weighted by molar-refractivity contribution is 0.458. The van der Waals surface area contributed by atoms with Gasteiger partial charge in [0.05, 0.1) is 12.2 Å². The predicted octanol–water partition coefficient (Wildman–Crippen LogP) is 2.83. The molecule has 21 heavy (non-hydrogen) atoms. The lowest BCUT2D eigenvalue weighted by atomic mass is 10.2. The third kappa shape index (κ3) is 4.62. The first-order valence-electron chi connectivity index (χ1n) is 7.65. The van der Waals surface area contributed by atoms with Crippen LogP contribution in [0.1, 0.15) is 33.3 Å². The highest BCUT2D eigenvalue weighted by atomic mass is 19.1. The molecular weight excluding hydrogens is 267 g/mol. The fourth-order valence-electron chi connectivity index (χ4n) is 2.29. The molecule has 0 heterocycles. The van der Waals surface area contributed by atoms with Gasteiger partial charge < -0.3 is 15.5 Å². The summed E-state index contributed by atoms with van der Waals surface area (Å²) in [6, 6.07) is 5.28. The summed E-state index contributed by atoms with van der Waals surface area (Å²) in [5.74, 6) is 0.307. The molecule has 4 nitrogen and oxygen atoms in total. The molecule has 0 spiro atoms. The Balaban J connectivity index is 2.83. The summed E-state index contributed by atoms with van der Waals surface area (Å²) >= 11 is 0. The molecule has 0 aliphatic carbocycles. The Hall–Kier alpha value is -1.78. The van der Waals surface area contributed by atoms with Gasteiger partial charge in [0, 0.05) is 26.2 Å². The molecule has 0 bridgehead atoms. The van der Waals surface area contributed by atoms with Gasteiger partial charge in [0.15, 0.2) is 5.96 Å².